The molecule has 0 saturated heterocycles. The van der Waals surface area contributed by atoms with Crippen LogP contribution < -0.4 is 25.3 Å². The predicted molar refractivity (Wildman–Crippen MR) is 87.9 cm³/mol. The zero-order valence-corrected chi connectivity index (χ0v) is 14.1. The molecule has 6 nitrogen and oxygen atoms in total. The van der Waals surface area contributed by atoms with Crippen LogP contribution in [0.3, 0.4) is 0 Å². The highest BCUT2D eigenvalue weighted by molar-refractivity contribution is 5.86. The molecule has 0 heterocycles. The van der Waals surface area contributed by atoms with Crippen LogP contribution in [-0.2, 0) is 11.3 Å². The van der Waals surface area contributed by atoms with E-state index in [1.807, 2.05) is 12.1 Å². The van der Waals surface area contributed by atoms with Gasteiger partial charge in [0.2, 0.25) is 11.7 Å². The number of hydrogen-bond donors (Lipinski definition) is 2. The summed E-state index contributed by atoms with van der Waals surface area (Å²) in [5.41, 5.74) is 6.37. The van der Waals surface area contributed by atoms with E-state index in [0.29, 0.717) is 23.8 Å². The Morgan fingerprint density at radius 3 is 2.13 bits per heavy atom. The first-order chi connectivity index (χ1) is 11.0. The molecule has 1 aromatic carbocycles. The molecule has 0 spiro atoms. The van der Waals surface area contributed by atoms with Crippen LogP contribution in [0.15, 0.2) is 12.1 Å². The van der Waals surface area contributed by atoms with E-state index in [1.165, 1.54) is 0 Å². The van der Waals surface area contributed by atoms with E-state index in [4.69, 9.17) is 19.9 Å². The van der Waals surface area contributed by atoms with Crippen LogP contribution >= 0.6 is 0 Å². The first kappa shape index (κ1) is 17.4. The highest BCUT2D eigenvalue weighted by Gasteiger charge is 2.34. The van der Waals surface area contributed by atoms with E-state index in [9.17, 15) is 4.79 Å². The smallest absolute Gasteiger partial charge is 0.240 e. The van der Waals surface area contributed by atoms with Crippen LogP contribution in [0, 0.1) is 0 Å². The lowest BCUT2D eigenvalue weighted by Gasteiger charge is -2.31. The second-order valence-electron chi connectivity index (χ2n) is 5.93. The molecule has 23 heavy (non-hydrogen) atoms. The second-order valence-corrected chi connectivity index (χ2v) is 5.93. The van der Waals surface area contributed by atoms with E-state index in [0.717, 1.165) is 37.7 Å². The summed E-state index contributed by atoms with van der Waals surface area (Å²) in [5.74, 6) is 1.58. The molecular formula is C17H26N2O4. The molecule has 1 saturated carbocycles. The number of hydrogen-bond acceptors (Lipinski definition) is 5. The molecule has 0 bridgehead atoms. The Kier molecular flexibility index (Phi) is 5.71. The number of amides is 1. The van der Waals surface area contributed by atoms with Crippen LogP contribution in [0.2, 0.25) is 0 Å². The van der Waals surface area contributed by atoms with Crippen LogP contribution in [0.5, 0.6) is 17.2 Å². The lowest BCUT2D eigenvalue weighted by molar-refractivity contribution is -0.127. The third-order valence-corrected chi connectivity index (χ3v) is 4.38. The van der Waals surface area contributed by atoms with Gasteiger partial charge in [-0.3, -0.25) is 4.79 Å². The molecule has 1 aliphatic carbocycles. The van der Waals surface area contributed by atoms with Crippen molar-refractivity contribution in [3.63, 3.8) is 0 Å². The van der Waals surface area contributed by atoms with E-state index >= 15 is 0 Å². The van der Waals surface area contributed by atoms with Gasteiger partial charge in [-0.15, -0.1) is 0 Å². The summed E-state index contributed by atoms with van der Waals surface area (Å²) < 4.78 is 15.9. The Morgan fingerprint density at radius 1 is 1.09 bits per heavy atom. The fraction of sp³-hybridized carbons (Fsp3) is 0.588. The van der Waals surface area contributed by atoms with Gasteiger partial charge >= 0.3 is 0 Å². The number of ether oxygens (including phenoxy) is 3. The maximum atomic E-state index is 12.4. The molecule has 2 rings (SSSR count). The Balaban J connectivity index is 2.09. The summed E-state index contributed by atoms with van der Waals surface area (Å²) in [6.07, 6.45) is 4.66. The van der Waals surface area contributed by atoms with Crippen molar-refractivity contribution in [3.8, 4) is 17.2 Å². The van der Waals surface area contributed by atoms with Crippen molar-refractivity contribution in [2.45, 2.75) is 44.2 Å². The number of nitrogens with two attached hydrogens (primary N) is 1. The van der Waals surface area contributed by atoms with Crippen molar-refractivity contribution >= 4 is 5.91 Å². The highest BCUT2D eigenvalue weighted by Crippen LogP contribution is 2.38. The monoisotopic (exact) mass is 322 g/mol. The standard InChI is InChI=1S/C17H26N2O4/c1-21-13-9-12(10-14(22-2)15(13)23-3)11-19-16(20)17(18)7-5-4-6-8-17/h9-10H,4-8,11,18H2,1-3H3,(H,19,20). The number of carbonyl (C=O) groups excluding carboxylic acids is 1. The van der Waals surface area contributed by atoms with Crippen molar-refractivity contribution in [1.29, 1.82) is 0 Å². The Labute approximate surface area is 137 Å². The molecule has 0 aromatic heterocycles. The summed E-state index contributed by atoms with van der Waals surface area (Å²) >= 11 is 0. The first-order valence-corrected chi connectivity index (χ1v) is 7.90. The number of rotatable bonds is 6. The Hall–Kier alpha value is -1.95. The molecule has 1 amide bonds. The van der Waals surface area contributed by atoms with E-state index in [-0.39, 0.29) is 5.91 Å². The Morgan fingerprint density at radius 2 is 1.65 bits per heavy atom. The number of methoxy groups -OCH3 is 3. The molecule has 0 aliphatic heterocycles. The molecule has 128 valence electrons. The van der Waals surface area contributed by atoms with E-state index < -0.39 is 5.54 Å². The summed E-state index contributed by atoms with van der Waals surface area (Å²) in [4.78, 5) is 12.4. The molecule has 6 heteroatoms. The maximum absolute atomic E-state index is 12.4. The minimum Gasteiger partial charge on any atom is -0.493 e. The minimum absolute atomic E-state index is 0.0917. The maximum Gasteiger partial charge on any atom is 0.240 e. The molecular weight excluding hydrogens is 296 g/mol. The molecule has 1 aliphatic rings. The summed E-state index contributed by atoms with van der Waals surface area (Å²) in [7, 11) is 4.69. The highest BCUT2D eigenvalue weighted by atomic mass is 16.5. The fourth-order valence-electron chi connectivity index (χ4n) is 3.01. The minimum atomic E-state index is -0.737. The first-order valence-electron chi connectivity index (χ1n) is 7.90. The zero-order valence-electron chi connectivity index (χ0n) is 14.1. The van der Waals surface area contributed by atoms with Crippen molar-refractivity contribution in [1.82, 2.24) is 5.32 Å². The average molecular weight is 322 g/mol. The second kappa shape index (κ2) is 7.55. The van der Waals surface area contributed by atoms with Gasteiger partial charge in [0, 0.05) is 6.54 Å². The van der Waals surface area contributed by atoms with Gasteiger partial charge in [0.15, 0.2) is 11.5 Å². The molecule has 0 unspecified atom stereocenters. The predicted octanol–water partition coefficient (Wildman–Crippen LogP) is 1.99. The SMILES string of the molecule is COc1cc(CNC(=O)C2(N)CCCCC2)cc(OC)c1OC. The molecule has 0 atom stereocenters. The largest absolute Gasteiger partial charge is 0.493 e. The van der Waals surface area contributed by atoms with Gasteiger partial charge in [-0.1, -0.05) is 19.3 Å². The topological polar surface area (TPSA) is 82.8 Å². The summed E-state index contributed by atoms with van der Waals surface area (Å²) in [6, 6.07) is 3.65. The van der Waals surface area contributed by atoms with Crippen LogP contribution in [0.25, 0.3) is 0 Å². The van der Waals surface area contributed by atoms with Crippen molar-refractivity contribution in [3.05, 3.63) is 17.7 Å². The van der Waals surface area contributed by atoms with Gasteiger partial charge in [0.1, 0.15) is 0 Å². The number of carbonyl (C=O) groups is 1. The van der Waals surface area contributed by atoms with Crippen LogP contribution in [0.4, 0.5) is 0 Å². The van der Waals surface area contributed by atoms with Crippen molar-refractivity contribution in [2.24, 2.45) is 5.73 Å². The van der Waals surface area contributed by atoms with Gasteiger partial charge in [-0.2, -0.15) is 0 Å². The van der Waals surface area contributed by atoms with Gasteiger partial charge in [-0.05, 0) is 30.5 Å². The van der Waals surface area contributed by atoms with Gasteiger partial charge in [0.05, 0.1) is 26.9 Å². The van der Waals surface area contributed by atoms with Crippen LogP contribution in [-0.4, -0.2) is 32.8 Å². The molecule has 3 N–H and O–H groups in total. The van der Waals surface area contributed by atoms with Crippen molar-refractivity contribution in [2.75, 3.05) is 21.3 Å². The average Bonchev–Trinajstić information content (AvgIpc) is 2.59. The normalized spacial score (nSPS) is 16.5. The summed E-state index contributed by atoms with van der Waals surface area (Å²) in [5, 5.41) is 2.93. The van der Waals surface area contributed by atoms with Crippen LogP contribution in [0.1, 0.15) is 37.7 Å². The Bertz CT molecular complexity index is 529. The number of nitrogens with one attached hydrogen (secondary N) is 1. The van der Waals surface area contributed by atoms with Crippen molar-refractivity contribution < 1.29 is 19.0 Å². The lowest BCUT2D eigenvalue weighted by atomic mass is 9.82. The molecule has 0 radical (unpaired) electrons. The third kappa shape index (κ3) is 3.88. The van der Waals surface area contributed by atoms with Gasteiger partial charge < -0.3 is 25.3 Å². The quantitative estimate of drug-likeness (QED) is 0.837. The lowest BCUT2D eigenvalue weighted by Crippen LogP contribution is -2.54. The number of benzene rings is 1. The fourth-order valence-corrected chi connectivity index (χ4v) is 3.01. The zero-order chi connectivity index (χ0) is 16.9. The van der Waals surface area contributed by atoms with E-state index in [1.54, 1.807) is 21.3 Å². The van der Waals surface area contributed by atoms with E-state index in [2.05, 4.69) is 5.32 Å². The summed E-state index contributed by atoms with van der Waals surface area (Å²) in [6.45, 7) is 0.370. The molecule has 1 fully saturated rings. The molecule has 1 aromatic rings. The third-order valence-electron chi connectivity index (χ3n) is 4.38. The van der Waals surface area contributed by atoms with Gasteiger partial charge in [0.25, 0.3) is 0 Å². The van der Waals surface area contributed by atoms with Gasteiger partial charge in [-0.25, -0.2) is 0 Å².